The molecule has 1 heteroatoms. The van der Waals surface area contributed by atoms with Crippen molar-refractivity contribution in [3.05, 3.63) is 41.5 Å². The molecule has 0 amide bonds. The van der Waals surface area contributed by atoms with Gasteiger partial charge in [-0.2, -0.15) is 0 Å². The minimum absolute atomic E-state index is 0.627. The molecule has 1 saturated heterocycles. The molecule has 1 N–H and O–H groups in total. The number of rotatable bonds is 1. The van der Waals surface area contributed by atoms with Gasteiger partial charge in [-0.1, -0.05) is 35.9 Å². The van der Waals surface area contributed by atoms with Gasteiger partial charge < -0.3 is 5.32 Å². The van der Waals surface area contributed by atoms with E-state index in [1.54, 1.807) is 0 Å². The zero-order valence-electron chi connectivity index (χ0n) is 8.46. The predicted molar refractivity (Wildman–Crippen MR) is 59.1 cm³/mol. The molecule has 0 aromatic heterocycles. The van der Waals surface area contributed by atoms with Crippen LogP contribution in [0.2, 0.25) is 0 Å². The van der Waals surface area contributed by atoms with Crippen molar-refractivity contribution >= 4 is 5.57 Å². The smallest absolute Gasteiger partial charge is 0.0329 e. The molecule has 2 atom stereocenters. The summed E-state index contributed by atoms with van der Waals surface area (Å²) in [4.78, 5) is 0. The second-order valence-electron chi connectivity index (χ2n) is 4.45. The maximum Gasteiger partial charge on any atom is 0.0329 e. The molecule has 0 spiro atoms. The summed E-state index contributed by atoms with van der Waals surface area (Å²) >= 11 is 0. The van der Waals surface area contributed by atoms with Crippen molar-refractivity contribution in [3.8, 4) is 0 Å². The Morgan fingerprint density at radius 1 is 1.36 bits per heavy atom. The van der Waals surface area contributed by atoms with Crippen LogP contribution in [0.4, 0.5) is 0 Å². The molecule has 0 unspecified atom stereocenters. The van der Waals surface area contributed by atoms with Gasteiger partial charge in [0.05, 0.1) is 0 Å². The highest BCUT2D eigenvalue weighted by Crippen LogP contribution is 2.36. The Hall–Kier alpha value is -1.08. The number of nitrogens with one attached hydrogen (secondary N) is 1. The van der Waals surface area contributed by atoms with Gasteiger partial charge in [-0.3, -0.25) is 0 Å². The molecule has 72 valence electrons. The Kier molecular flexibility index (Phi) is 1.74. The second kappa shape index (κ2) is 2.96. The quantitative estimate of drug-likeness (QED) is 0.708. The maximum atomic E-state index is 3.56. The first kappa shape index (κ1) is 8.25. The average molecular weight is 185 g/mol. The molecule has 3 rings (SSSR count). The van der Waals surface area contributed by atoms with Gasteiger partial charge in [-0.25, -0.2) is 0 Å². The van der Waals surface area contributed by atoms with Crippen LogP contribution in [-0.2, 0) is 0 Å². The molecule has 0 saturated carbocycles. The lowest BCUT2D eigenvalue weighted by molar-refractivity contribution is 0.723. The monoisotopic (exact) mass is 185 g/mol. The lowest BCUT2D eigenvalue weighted by Crippen LogP contribution is -2.24. The molecule has 14 heavy (non-hydrogen) atoms. The fourth-order valence-electron chi connectivity index (χ4n) is 2.62. The highest BCUT2D eigenvalue weighted by Gasteiger charge is 2.32. The van der Waals surface area contributed by atoms with Gasteiger partial charge in [0.25, 0.3) is 0 Å². The van der Waals surface area contributed by atoms with Crippen LogP contribution in [0.15, 0.2) is 30.3 Å². The molecule has 1 heterocycles. The minimum Gasteiger partial charge on any atom is -0.309 e. The number of hydrogen-bond acceptors (Lipinski definition) is 1. The Labute approximate surface area is 84.8 Å². The SMILES string of the molecule is Cc1cccc(C2=C[C@H]3CN[C@@H]2C3)c1. The summed E-state index contributed by atoms with van der Waals surface area (Å²) in [6, 6.07) is 9.44. The summed E-state index contributed by atoms with van der Waals surface area (Å²) in [6.07, 6.45) is 3.76. The van der Waals surface area contributed by atoms with Crippen LogP contribution in [0, 0.1) is 12.8 Å². The second-order valence-corrected chi connectivity index (χ2v) is 4.45. The van der Waals surface area contributed by atoms with E-state index in [9.17, 15) is 0 Å². The van der Waals surface area contributed by atoms with Gasteiger partial charge in [-0.05, 0) is 30.4 Å². The van der Waals surface area contributed by atoms with Crippen molar-refractivity contribution in [1.29, 1.82) is 0 Å². The first-order chi connectivity index (χ1) is 6.83. The molecule has 2 bridgehead atoms. The third-order valence-corrected chi connectivity index (χ3v) is 3.31. The van der Waals surface area contributed by atoms with Gasteiger partial charge in [0.1, 0.15) is 0 Å². The number of hydrogen-bond donors (Lipinski definition) is 1. The fraction of sp³-hybridized carbons (Fsp3) is 0.385. The number of aryl methyl sites for hydroxylation is 1. The van der Waals surface area contributed by atoms with E-state index in [4.69, 9.17) is 0 Å². The zero-order valence-corrected chi connectivity index (χ0v) is 8.46. The lowest BCUT2D eigenvalue weighted by atomic mass is 10.00. The molecule has 1 nitrogen and oxygen atoms in total. The van der Waals surface area contributed by atoms with Crippen LogP contribution in [0.25, 0.3) is 5.57 Å². The van der Waals surface area contributed by atoms with E-state index in [-0.39, 0.29) is 0 Å². The van der Waals surface area contributed by atoms with E-state index in [2.05, 4.69) is 42.6 Å². The van der Waals surface area contributed by atoms with Crippen LogP contribution >= 0.6 is 0 Å². The molecule has 1 aromatic carbocycles. The van der Waals surface area contributed by atoms with Crippen LogP contribution < -0.4 is 5.32 Å². The largest absolute Gasteiger partial charge is 0.309 e. The van der Waals surface area contributed by atoms with Gasteiger partial charge in [0.2, 0.25) is 0 Å². The molecule has 1 fully saturated rings. The molecular formula is C13H15N. The summed E-state index contributed by atoms with van der Waals surface area (Å²) in [7, 11) is 0. The predicted octanol–water partition coefficient (Wildman–Crippen LogP) is 2.37. The normalized spacial score (nSPS) is 29.4. The highest BCUT2D eigenvalue weighted by molar-refractivity contribution is 5.73. The first-order valence-corrected chi connectivity index (χ1v) is 5.35. The standard InChI is InChI=1S/C13H15N/c1-9-3-2-4-11(5-9)12-6-10-7-13(12)14-8-10/h2-6,10,13-14H,7-8H2,1H3/t10-,13-/m1/s1. The summed E-state index contributed by atoms with van der Waals surface area (Å²) < 4.78 is 0. The number of benzene rings is 1. The summed E-state index contributed by atoms with van der Waals surface area (Å²) in [5.74, 6) is 0.788. The third-order valence-electron chi connectivity index (χ3n) is 3.31. The Bertz CT molecular complexity index is 392. The lowest BCUT2D eigenvalue weighted by Gasteiger charge is -2.15. The van der Waals surface area contributed by atoms with E-state index in [1.807, 2.05) is 0 Å². The summed E-state index contributed by atoms with van der Waals surface area (Å²) in [6.45, 7) is 3.34. The van der Waals surface area contributed by atoms with Crippen LogP contribution in [-0.4, -0.2) is 12.6 Å². The van der Waals surface area contributed by atoms with E-state index >= 15 is 0 Å². The topological polar surface area (TPSA) is 12.0 Å². The molecule has 2 aliphatic rings. The van der Waals surface area contributed by atoms with E-state index in [0.29, 0.717) is 6.04 Å². The Balaban J connectivity index is 2.00. The molecule has 1 aromatic rings. The molecule has 0 radical (unpaired) electrons. The van der Waals surface area contributed by atoms with Gasteiger partial charge in [0.15, 0.2) is 0 Å². The van der Waals surface area contributed by atoms with Crippen LogP contribution in [0.5, 0.6) is 0 Å². The van der Waals surface area contributed by atoms with Crippen molar-refractivity contribution in [2.24, 2.45) is 5.92 Å². The van der Waals surface area contributed by atoms with Gasteiger partial charge >= 0.3 is 0 Å². The summed E-state index contributed by atoms with van der Waals surface area (Å²) in [5, 5.41) is 3.56. The van der Waals surface area contributed by atoms with E-state index < -0.39 is 0 Å². The Morgan fingerprint density at radius 2 is 2.29 bits per heavy atom. The first-order valence-electron chi connectivity index (χ1n) is 5.35. The summed E-state index contributed by atoms with van der Waals surface area (Å²) in [5.41, 5.74) is 4.28. The van der Waals surface area contributed by atoms with Gasteiger partial charge in [0, 0.05) is 12.6 Å². The van der Waals surface area contributed by atoms with Crippen molar-refractivity contribution in [3.63, 3.8) is 0 Å². The minimum atomic E-state index is 0.627. The van der Waals surface area contributed by atoms with Crippen molar-refractivity contribution in [1.82, 2.24) is 5.32 Å². The Morgan fingerprint density at radius 3 is 2.93 bits per heavy atom. The highest BCUT2D eigenvalue weighted by atomic mass is 15.0. The van der Waals surface area contributed by atoms with Crippen LogP contribution in [0.3, 0.4) is 0 Å². The fourth-order valence-corrected chi connectivity index (χ4v) is 2.62. The van der Waals surface area contributed by atoms with Crippen LogP contribution in [0.1, 0.15) is 17.5 Å². The number of fused-ring (bicyclic) bond motifs is 2. The maximum absolute atomic E-state index is 3.56. The zero-order chi connectivity index (χ0) is 9.54. The molecule has 1 aliphatic heterocycles. The van der Waals surface area contributed by atoms with Gasteiger partial charge in [-0.15, -0.1) is 0 Å². The average Bonchev–Trinajstić information content (AvgIpc) is 2.78. The van der Waals surface area contributed by atoms with Crippen molar-refractivity contribution in [2.45, 2.75) is 19.4 Å². The van der Waals surface area contributed by atoms with E-state index in [0.717, 1.165) is 5.92 Å². The van der Waals surface area contributed by atoms with Crippen molar-refractivity contribution in [2.75, 3.05) is 6.54 Å². The third kappa shape index (κ3) is 1.20. The molecule has 1 aliphatic carbocycles. The molecular weight excluding hydrogens is 170 g/mol. The van der Waals surface area contributed by atoms with E-state index in [1.165, 1.54) is 29.7 Å². The van der Waals surface area contributed by atoms with Crippen molar-refractivity contribution < 1.29 is 0 Å².